The van der Waals surface area contributed by atoms with Crippen LogP contribution in [-0.2, 0) is 20.1 Å². The second-order valence-corrected chi connectivity index (χ2v) is 8.83. The van der Waals surface area contributed by atoms with Gasteiger partial charge >= 0.3 is 0 Å². The summed E-state index contributed by atoms with van der Waals surface area (Å²) in [6.07, 6.45) is 2.34. The Morgan fingerprint density at radius 2 is 1.57 bits per heavy atom. The number of hydrogen-bond donors (Lipinski definition) is 0. The number of furan rings is 1. The molecule has 0 bridgehead atoms. The van der Waals surface area contributed by atoms with E-state index in [1.54, 1.807) is 42.5 Å². The minimum absolute atomic E-state index is 0. The van der Waals surface area contributed by atoms with E-state index < -0.39 is 40.2 Å². The molecule has 211 valence electrons. The van der Waals surface area contributed by atoms with Gasteiger partial charge in [0.05, 0.1) is 11.1 Å². The number of nitrogens with zero attached hydrogens (tertiary/aromatic N) is 4. The first kappa shape index (κ1) is 15.7. The van der Waals surface area contributed by atoms with Crippen LogP contribution in [0.5, 0.6) is 0 Å². The zero-order valence-electron chi connectivity index (χ0n) is 36.4. The first-order valence-electron chi connectivity index (χ1n) is 19.6. The topological polar surface area (TPSA) is 77.8 Å². The van der Waals surface area contributed by atoms with E-state index in [1.165, 1.54) is 30.5 Å². The van der Waals surface area contributed by atoms with Gasteiger partial charge in [-0.15, -0.1) is 63.8 Å². The zero-order valence-corrected chi connectivity index (χ0v) is 23.8. The van der Waals surface area contributed by atoms with Crippen LogP contribution in [0.1, 0.15) is 48.7 Å². The van der Waals surface area contributed by atoms with Crippen molar-refractivity contribution in [2.24, 2.45) is 0 Å². The quantitative estimate of drug-likeness (QED) is 0.169. The van der Waals surface area contributed by atoms with E-state index in [9.17, 15) is 0 Å². The van der Waals surface area contributed by atoms with Crippen LogP contribution in [0.25, 0.3) is 55.9 Å². The van der Waals surface area contributed by atoms with Crippen LogP contribution >= 0.6 is 0 Å². The average Bonchev–Trinajstić information content (AvgIpc) is 3.77. The first-order valence-corrected chi connectivity index (χ1v) is 12.1. The number of rotatable bonds is 3. The van der Waals surface area contributed by atoms with Crippen LogP contribution < -0.4 is 0 Å². The number of fused-ring (bicyclic) bond motifs is 3. The Balaban J connectivity index is 0.000000251. The molecular formula is C35H28IrN4O2-2. The SMILES string of the molecule is [2H]C([2H])([2H])c1c[c-]c(-c2ccc(C([2H])([2H])[2H])cn2)cc1.[2H]C([2H])([2H])c1nnc(-c2cccc3c2oc2c(-c4cc(C([2H])([2H])[2H])c(C([2H])([2H])[2H])cn4)[c-]ccc23)o1.[Ir]. The number of aryl methyl sites for hydroxylation is 5. The zero-order chi connectivity index (χ0) is 41.0. The van der Waals surface area contributed by atoms with Gasteiger partial charge < -0.3 is 18.8 Å². The largest absolute Gasteiger partial charge is 0.500 e. The van der Waals surface area contributed by atoms with Crippen LogP contribution in [0.15, 0.2) is 88.0 Å². The molecule has 6 nitrogen and oxygen atoms in total. The van der Waals surface area contributed by atoms with E-state index in [4.69, 9.17) is 29.4 Å². The minimum atomic E-state index is -2.69. The van der Waals surface area contributed by atoms with Crippen LogP contribution in [0.2, 0.25) is 0 Å². The Morgan fingerprint density at radius 1 is 0.714 bits per heavy atom. The van der Waals surface area contributed by atoms with Gasteiger partial charge in [0.1, 0.15) is 5.58 Å². The first-order chi connectivity index (χ1) is 25.9. The molecule has 4 heterocycles. The molecule has 0 fully saturated rings. The number of hydrogen-bond acceptors (Lipinski definition) is 6. The van der Waals surface area contributed by atoms with Crippen molar-refractivity contribution >= 4 is 21.9 Å². The summed E-state index contributed by atoms with van der Waals surface area (Å²) in [6, 6.07) is 23.2. The number of para-hydroxylation sites is 1. The molecule has 0 aliphatic carbocycles. The van der Waals surface area contributed by atoms with Gasteiger partial charge in [-0.1, -0.05) is 53.7 Å². The average molecular weight is 744 g/mol. The van der Waals surface area contributed by atoms with Crippen molar-refractivity contribution in [2.75, 3.05) is 0 Å². The Hall–Kier alpha value is -4.45. The summed E-state index contributed by atoms with van der Waals surface area (Å²) in [4.78, 5) is 8.29. The number of benzene rings is 3. The molecule has 42 heavy (non-hydrogen) atoms. The Bertz CT molecular complexity index is 2460. The molecule has 0 saturated carbocycles. The van der Waals surface area contributed by atoms with Crippen molar-refractivity contribution < 1.29 is 49.5 Å². The summed E-state index contributed by atoms with van der Waals surface area (Å²) < 4.78 is 124. The van der Waals surface area contributed by atoms with Gasteiger partial charge in [0.15, 0.2) is 0 Å². The monoisotopic (exact) mass is 744 g/mol. The molecule has 7 heteroatoms. The van der Waals surface area contributed by atoms with Gasteiger partial charge in [0.2, 0.25) is 5.89 Å². The number of pyridine rings is 2. The molecule has 0 N–H and O–H groups in total. The fourth-order valence-corrected chi connectivity index (χ4v) is 4.18. The normalized spacial score (nSPS) is 17.6. The second kappa shape index (κ2) is 12.2. The van der Waals surface area contributed by atoms with Gasteiger partial charge in [-0.2, -0.15) is 0 Å². The van der Waals surface area contributed by atoms with Gasteiger partial charge in [-0.25, -0.2) is 0 Å². The van der Waals surface area contributed by atoms with Crippen molar-refractivity contribution in [3.8, 4) is 34.0 Å². The summed E-state index contributed by atoms with van der Waals surface area (Å²) in [5.74, 6) is -0.545. The van der Waals surface area contributed by atoms with Crippen molar-refractivity contribution in [1.29, 1.82) is 0 Å². The van der Waals surface area contributed by atoms with Crippen LogP contribution in [0.3, 0.4) is 0 Å². The smallest absolute Gasteiger partial charge is 0.251 e. The van der Waals surface area contributed by atoms with Crippen molar-refractivity contribution in [2.45, 2.75) is 34.3 Å². The van der Waals surface area contributed by atoms with Crippen molar-refractivity contribution in [3.05, 3.63) is 119 Å². The molecule has 3 aromatic carbocycles. The molecule has 0 saturated heterocycles. The summed E-state index contributed by atoms with van der Waals surface area (Å²) in [7, 11) is 0. The summed E-state index contributed by atoms with van der Waals surface area (Å²) in [5, 5.41) is 8.77. The third-order valence-electron chi connectivity index (χ3n) is 6.13. The van der Waals surface area contributed by atoms with Gasteiger partial charge in [-0.3, -0.25) is 0 Å². The summed E-state index contributed by atoms with van der Waals surface area (Å²) in [6.45, 7) is -12.2. The molecule has 0 spiro atoms. The van der Waals surface area contributed by atoms with Crippen LogP contribution in [0, 0.1) is 46.4 Å². The molecule has 4 aromatic heterocycles. The molecule has 0 aliphatic heterocycles. The maximum Gasteiger partial charge on any atom is 0.251 e. The van der Waals surface area contributed by atoms with E-state index in [0.29, 0.717) is 44.3 Å². The third-order valence-corrected chi connectivity index (χ3v) is 6.13. The van der Waals surface area contributed by atoms with Gasteiger partial charge in [0.25, 0.3) is 5.89 Å². The molecule has 0 atom stereocenters. The minimum Gasteiger partial charge on any atom is -0.500 e. The molecule has 0 unspecified atom stereocenters. The maximum atomic E-state index is 7.83. The summed E-state index contributed by atoms with van der Waals surface area (Å²) in [5.41, 5.74) is 2.38. The third kappa shape index (κ3) is 5.80. The van der Waals surface area contributed by atoms with Gasteiger partial charge in [-0.05, 0) is 49.1 Å². The molecule has 1 radical (unpaired) electrons. The second-order valence-electron chi connectivity index (χ2n) is 8.83. The predicted octanol–water partition coefficient (Wildman–Crippen LogP) is 8.59. The molecule has 7 rings (SSSR count). The van der Waals surface area contributed by atoms with Crippen molar-refractivity contribution in [1.82, 2.24) is 20.2 Å². The van der Waals surface area contributed by atoms with Crippen LogP contribution in [0.4, 0.5) is 0 Å². The van der Waals surface area contributed by atoms with E-state index in [0.717, 1.165) is 6.20 Å². The number of aromatic nitrogens is 4. The molecular weight excluding hydrogens is 701 g/mol. The van der Waals surface area contributed by atoms with E-state index in [1.807, 2.05) is 0 Å². The molecule has 0 amide bonds. The van der Waals surface area contributed by atoms with E-state index in [-0.39, 0.29) is 53.9 Å². The fraction of sp³-hybridized carbons (Fsp3) is 0.143. The Kier molecular flexibility index (Phi) is 4.55. The predicted molar refractivity (Wildman–Crippen MR) is 161 cm³/mol. The van der Waals surface area contributed by atoms with Crippen molar-refractivity contribution in [3.63, 3.8) is 0 Å². The molecule has 0 aliphatic rings. The van der Waals surface area contributed by atoms with Gasteiger partial charge in [0, 0.05) is 65.3 Å². The van der Waals surface area contributed by atoms with Crippen LogP contribution in [-0.4, -0.2) is 20.2 Å². The van der Waals surface area contributed by atoms with E-state index >= 15 is 0 Å². The fourth-order valence-electron chi connectivity index (χ4n) is 4.18. The molecule has 7 aromatic rings. The Labute approximate surface area is 279 Å². The van der Waals surface area contributed by atoms with E-state index in [2.05, 4.69) is 32.3 Å². The maximum absolute atomic E-state index is 7.83. The standard InChI is InChI=1S/C22H16N3O2.C13H12N.Ir/c1-12-10-19(23-11-13(12)2)17-8-4-6-15-16-7-5-9-18(21(16)27-20(15)17)22-25-24-14(3)26-22;1-10-3-6-12(7-4-10)13-8-5-11(2)9-14-13;/h4-7,9-11H,1-3H3;3-6,8-9H,1-2H3;/q2*-1;/i1D3,2D3,3D3;1D3,2D3;. The Morgan fingerprint density at radius 3 is 2.31 bits per heavy atom. The summed E-state index contributed by atoms with van der Waals surface area (Å²) >= 11 is 0.